The third-order valence-electron chi connectivity index (χ3n) is 3.91. The number of hydrogen-bond donors (Lipinski definition) is 2. The highest BCUT2D eigenvalue weighted by molar-refractivity contribution is 6.05. The van der Waals surface area contributed by atoms with Crippen molar-refractivity contribution < 1.29 is 14.6 Å². The standard InChI is InChI=1S/C19H21N3O3/c1-24-18(23)14-8-4-2-3-7-13(11-14)17(20)22-19-21-16-10-6-5-9-15(16)12-25-19/h4-11,18,23H,2-3,12H2,1H3,(H2,20,21,22)/b8-4-,13-7+,14-11+. The molecule has 1 heterocycles. The van der Waals surface area contributed by atoms with Gasteiger partial charge in [0.05, 0.1) is 5.69 Å². The first-order valence-electron chi connectivity index (χ1n) is 8.10. The van der Waals surface area contributed by atoms with E-state index < -0.39 is 6.29 Å². The molecule has 1 aromatic carbocycles. The fraction of sp³-hybridized carbons (Fsp3) is 0.263. The average molecular weight is 339 g/mol. The van der Waals surface area contributed by atoms with Gasteiger partial charge in [-0.3, -0.25) is 0 Å². The van der Waals surface area contributed by atoms with Crippen LogP contribution in [0.15, 0.2) is 69.7 Å². The summed E-state index contributed by atoms with van der Waals surface area (Å²) in [5.41, 5.74) is 9.33. The van der Waals surface area contributed by atoms with Gasteiger partial charge in [0.1, 0.15) is 12.4 Å². The quantitative estimate of drug-likeness (QED) is 0.503. The van der Waals surface area contributed by atoms with E-state index in [1.807, 2.05) is 42.5 Å². The third-order valence-corrected chi connectivity index (χ3v) is 3.91. The maximum absolute atomic E-state index is 9.93. The Kier molecular flexibility index (Phi) is 5.42. The van der Waals surface area contributed by atoms with E-state index in [0.29, 0.717) is 17.8 Å². The molecule has 2 aliphatic rings. The Balaban J connectivity index is 1.88. The van der Waals surface area contributed by atoms with Crippen LogP contribution in [0.4, 0.5) is 5.69 Å². The Morgan fingerprint density at radius 2 is 2.20 bits per heavy atom. The van der Waals surface area contributed by atoms with E-state index in [0.717, 1.165) is 24.1 Å². The number of aliphatic hydroxyl groups is 1. The molecule has 25 heavy (non-hydrogen) atoms. The predicted octanol–water partition coefficient (Wildman–Crippen LogP) is 2.73. The molecule has 3 rings (SSSR count). The largest absolute Gasteiger partial charge is 0.458 e. The van der Waals surface area contributed by atoms with Crippen molar-refractivity contribution in [1.29, 1.82) is 0 Å². The number of amidine groups is 2. The molecule has 0 spiro atoms. The van der Waals surface area contributed by atoms with Gasteiger partial charge in [-0.15, -0.1) is 0 Å². The minimum Gasteiger partial charge on any atom is -0.458 e. The Labute approximate surface area is 146 Å². The summed E-state index contributed by atoms with van der Waals surface area (Å²) < 4.78 is 10.5. The number of nitrogens with zero attached hydrogens (tertiary/aromatic N) is 2. The second kappa shape index (κ2) is 7.92. The van der Waals surface area contributed by atoms with Gasteiger partial charge in [-0.05, 0) is 25.0 Å². The number of allylic oxidation sites excluding steroid dienone is 2. The summed E-state index contributed by atoms with van der Waals surface area (Å²) in [5, 5.41) is 9.93. The van der Waals surface area contributed by atoms with Crippen LogP contribution in [0.3, 0.4) is 0 Å². The summed E-state index contributed by atoms with van der Waals surface area (Å²) in [6, 6.07) is 7.98. The SMILES string of the molecule is COC(O)C1=C/C(C(/N)=N/C2=Nc3ccccc3CO2)=C\CC/C=C\1. The second-order valence-electron chi connectivity index (χ2n) is 5.68. The van der Waals surface area contributed by atoms with E-state index in [1.165, 1.54) is 7.11 Å². The van der Waals surface area contributed by atoms with Crippen molar-refractivity contribution in [2.24, 2.45) is 15.7 Å². The molecule has 0 aromatic heterocycles. The van der Waals surface area contributed by atoms with Crippen molar-refractivity contribution in [1.82, 2.24) is 0 Å². The Bertz CT molecular complexity index is 791. The number of ether oxygens (including phenoxy) is 2. The number of nitrogens with two attached hydrogens (primary N) is 1. The van der Waals surface area contributed by atoms with Gasteiger partial charge in [0.2, 0.25) is 0 Å². The molecule has 1 atom stereocenters. The number of benzene rings is 1. The van der Waals surface area contributed by atoms with E-state index >= 15 is 0 Å². The number of aliphatic hydroxyl groups excluding tert-OH is 1. The lowest BCUT2D eigenvalue weighted by Gasteiger charge is -2.15. The molecule has 1 aliphatic carbocycles. The van der Waals surface area contributed by atoms with Crippen LogP contribution in [0.25, 0.3) is 0 Å². The van der Waals surface area contributed by atoms with Crippen molar-refractivity contribution >= 4 is 17.5 Å². The zero-order chi connectivity index (χ0) is 17.6. The van der Waals surface area contributed by atoms with Crippen LogP contribution in [0.2, 0.25) is 0 Å². The summed E-state index contributed by atoms with van der Waals surface area (Å²) in [6.07, 6.45) is 8.21. The number of hydrogen-bond acceptors (Lipinski definition) is 5. The molecule has 0 radical (unpaired) electrons. The average Bonchev–Trinajstić information content (AvgIpc) is 2.61. The van der Waals surface area contributed by atoms with E-state index in [4.69, 9.17) is 15.2 Å². The molecular weight excluding hydrogens is 318 g/mol. The Morgan fingerprint density at radius 3 is 3.04 bits per heavy atom. The van der Waals surface area contributed by atoms with E-state index in [9.17, 15) is 5.11 Å². The highest BCUT2D eigenvalue weighted by Crippen LogP contribution is 2.24. The predicted molar refractivity (Wildman–Crippen MR) is 97.5 cm³/mol. The molecule has 0 amide bonds. The minimum atomic E-state index is -1.01. The van der Waals surface area contributed by atoms with Crippen LogP contribution in [0.1, 0.15) is 18.4 Å². The molecule has 6 heteroatoms. The van der Waals surface area contributed by atoms with Gasteiger partial charge in [-0.1, -0.05) is 36.4 Å². The molecule has 0 fully saturated rings. The summed E-state index contributed by atoms with van der Waals surface area (Å²) in [4.78, 5) is 8.70. The summed E-state index contributed by atoms with van der Waals surface area (Å²) >= 11 is 0. The summed E-state index contributed by atoms with van der Waals surface area (Å²) in [5.74, 6) is 0.286. The van der Waals surface area contributed by atoms with E-state index in [-0.39, 0.29) is 11.9 Å². The van der Waals surface area contributed by atoms with Gasteiger partial charge in [0.25, 0.3) is 0 Å². The van der Waals surface area contributed by atoms with Gasteiger partial charge in [0, 0.05) is 23.8 Å². The first kappa shape index (κ1) is 17.1. The number of fused-ring (bicyclic) bond motifs is 1. The topological polar surface area (TPSA) is 89.4 Å². The van der Waals surface area contributed by atoms with Gasteiger partial charge in [-0.25, -0.2) is 0 Å². The maximum atomic E-state index is 9.93. The zero-order valence-electron chi connectivity index (χ0n) is 14.1. The Hall–Kier alpha value is -2.70. The molecule has 1 unspecified atom stereocenters. The molecule has 1 aliphatic heterocycles. The van der Waals surface area contributed by atoms with Crippen LogP contribution < -0.4 is 5.73 Å². The Morgan fingerprint density at radius 1 is 1.36 bits per heavy atom. The fourth-order valence-corrected chi connectivity index (χ4v) is 2.55. The van der Waals surface area contributed by atoms with E-state index in [1.54, 1.807) is 6.08 Å². The first-order chi connectivity index (χ1) is 12.2. The molecule has 130 valence electrons. The zero-order valence-corrected chi connectivity index (χ0v) is 14.1. The molecule has 1 aromatic rings. The van der Waals surface area contributed by atoms with E-state index in [2.05, 4.69) is 9.98 Å². The smallest absolute Gasteiger partial charge is 0.319 e. The van der Waals surface area contributed by atoms with Crippen LogP contribution in [0.5, 0.6) is 0 Å². The van der Waals surface area contributed by atoms with Crippen molar-refractivity contribution in [2.45, 2.75) is 25.7 Å². The second-order valence-corrected chi connectivity index (χ2v) is 5.68. The molecule has 0 saturated heterocycles. The molecule has 3 N–H and O–H groups in total. The highest BCUT2D eigenvalue weighted by Gasteiger charge is 2.14. The van der Waals surface area contributed by atoms with Crippen LogP contribution in [-0.2, 0) is 16.1 Å². The fourth-order valence-electron chi connectivity index (χ4n) is 2.55. The highest BCUT2D eigenvalue weighted by atomic mass is 16.6. The maximum Gasteiger partial charge on any atom is 0.319 e. The number of aliphatic imine (C=N–C) groups is 2. The monoisotopic (exact) mass is 339 g/mol. The van der Waals surface area contributed by atoms with Crippen LogP contribution >= 0.6 is 0 Å². The molecule has 6 nitrogen and oxygen atoms in total. The summed E-state index contributed by atoms with van der Waals surface area (Å²) in [6.45, 7) is 0.414. The number of methoxy groups -OCH3 is 1. The van der Waals surface area contributed by atoms with Crippen molar-refractivity contribution in [3.8, 4) is 0 Å². The van der Waals surface area contributed by atoms with Gasteiger partial charge < -0.3 is 20.3 Å². The van der Waals surface area contributed by atoms with Gasteiger partial charge in [0.15, 0.2) is 6.29 Å². The normalized spacial score (nSPS) is 24.2. The lowest BCUT2D eigenvalue weighted by molar-refractivity contribution is -0.0420. The summed E-state index contributed by atoms with van der Waals surface area (Å²) in [7, 11) is 1.45. The lowest BCUT2D eigenvalue weighted by Crippen LogP contribution is -2.20. The molecule has 0 bridgehead atoms. The van der Waals surface area contributed by atoms with Crippen molar-refractivity contribution in [2.75, 3.05) is 7.11 Å². The third kappa shape index (κ3) is 4.23. The van der Waals surface area contributed by atoms with Crippen molar-refractivity contribution in [3.63, 3.8) is 0 Å². The van der Waals surface area contributed by atoms with Crippen LogP contribution in [-0.4, -0.2) is 30.4 Å². The molecule has 0 saturated carbocycles. The number of rotatable bonds is 3. The minimum absolute atomic E-state index is 0.233. The first-order valence-corrected chi connectivity index (χ1v) is 8.10. The lowest BCUT2D eigenvalue weighted by atomic mass is 10.0. The van der Waals surface area contributed by atoms with Crippen LogP contribution in [0, 0.1) is 0 Å². The van der Waals surface area contributed by atoms with Gasteiger partial charge >= 0.3 is 6.02 Å². The number of para-hydroxylation sites is 1. The van der Waals surface area contributed by atoms with Crippen molar-refractivity contribution in [3.05, 3.63) is 65.3 Å². The van der Waals surface area contributed by atoms with Gasteiger partial charge in [-0.2, -0.15) is 9.98 Å². The molecular formula is C19H21N3O3.